The molecule has 0 spiro atoms. The molecular weight excluding hydrogens is 502 g/mol. The minimum absolute atomic E-state index is 0.0202. The summed E-state index contributed by atoms with van der Waals surface area (Å²) in [6.45, 7) is 8.79. The number of carbonyl (C=O) groups is 2. The molecule has 0 saturated carbocycles. The molecule has 3 aromatic carbocycles. The SMILES string of the molecule is CCCOc1ccccc1N1C(=O)C(=O)/C(=C(\O)c2ccc(Cl)c(OC)c2)C1c1ccc(C(C)(C)C)cc1. The predicted molar refractivity (Wildman–Crippen MR) is 150 cm³/mol. The van der Waals surface area contributed by atoms with E-state index < -0.39 is 17.7 Å². The number of hydrogen-bond acceptors (Lipinski definition) is 5. The lowest BCUT2D eigenvalue weighted by molar-refractivity contribution is -0.132. The number of para-hydroxylation sites is 2. The van der Waals surface area contributed by atoms with E-state index in [9.17, 15) is 14.7 Å². The van der Waals surface area contributed by atoms with E-state index in [-0.39, 0.29) is 16.7 Å². The molecule has 1 aliphatic rings. The number of carbonyl (C=O) groups excluding carboxylic acids is 2. The first kappa shape index (κ1) is 27.3. The highest BCUT2D eigenvalue weighted by Crippen LogP contribution is 2.45. The Morgan fingerprint density at radius 2 is 1.68 bits per heavy atom. The van der Waals surface area contributed by atoms with Gasteiger partial charge in [0.25, 0.3) is 11.7 Å². The third-order valence-electron chi connectivity index (χ3n) is 6.55. The van der Waals surface area contributed by atoms with Gasteiger partial charge in [-0.15, -0.1) is 0 Å². The number of hydrogen-bond donors (Lipinski definition) is 1. The van der Waals surface area contributed by atoms with Crippen molar-refractivity contribution in [3.05, 3.63) is 94.0 Å². The van der Waals surface area contributed by atoms with Gasteiger partial charge in [-0.1, -0.05) is 75.7 Å². The van der Waals surface area contributed by atoms with Crippen molar-refractivity contribution < 1.29 is 24.2 Å². The zero-order valence-electron chi connectivity index (χ0n) is 22.2. The highest BCUT2D eigenvalue weighted by molar-refractivity contribution is 6.52. The van der Waals surface area contributed by atoms with Crippen molar-refractivity contribution in [3.8, 4) is 11.5 Å². The van der Waals surface area contributed by atoms with Gasteiger partial charge in [0.15, 0.2) is 0 Å². The van der Waals surface area contributed by atoms with Gasteiger partial charge >= 0.3 is 0 Å². The fourth-order valence-corrected chi connectivity index (χ4v) is 4.71. The highest BCUT2D eigenvalue weighted by Gasteiger charge is 2.47. The smallest absolute Gasteiger partial charge is 0.300 e. The number of nitrogens with zero attached hydrogens (tertiary/aromatic N) is 1. The van der Waals surface area contributed by atoms with Crippen LogP contribution in [0.2, 0.25) is 5.02 Å². The predicted octanol–water partition coefficient (Wildman–Crippen LogP) is 7.06. The maximum absolute atomic E-state index is 13.6. The maximum atomic E-state index is 13.6. The lowest BCUT2D eigenvalue weighted by atomic mass is 9.85. The standard InChI is InChI=1S/C31H32ClNO5/c1-6-17-38-24-10-8-7-9-23(24)33-27(19-11-14-21(15-12-19)31(2,3)4)26(29(35)30(33)36)28(34)20-13-16-22(32)25(18-20)37-5/h7-16,18,27,34H,6,17H2,1-5H3/b28-26-. The minimum atomic E-state index is -0.878. The Morgan fingerprint density at radius 1 is 1.00 bits per heavy atom. The summed E-state index contributed by atoms with van der Waals surface area (Å²) in [5.74, 6) is -1.01. The third kappa shape index (κ3) is 5.14. The van der Waals surface area contributed by atoms with Crippen LogP contribution in [0.3, 0.4) is 0 Å². The molecule has 6 nitrogen and oxygen atoms in total. The van der Waals surface area contributed by atoms with Crippen molar-refractivity contribution in [2.45, 2.75) is 45.6 Å². The van der Waals surface area contributed by atoms with E-state index in [1.807, 2.05) is 37.3 Å². The molecule has 7 heteroatoms. The van der Waals surface area contributed by atoms with E-state index in [0.29, 0.717) is 39.9 Å². The Hall–Kier alpha value is -3.77. The number of Topliss-reactive ketones (excluding diaryl/α,β-unsaturated/α-hetero) is 1. The second kappa shape index (κ2) is 10.9. The minimum Gasteiger partial charge on any atom is -0.507 e. The molecule has 198 valence electrons. The van der Waals surface area contributed by atoms with Crippen molar-refractivity contribution >= 4 is 34.7 Å². The number of halogens is 1. The lowest BCUT2D eigenvalue weighted by Gasteiger charge is -2.28. The summed E-state index contributed by atoms with van der Waals surface area (Å²) < 4.78 is 11.2. The van der Waals surface area contributed by atoms with E-state index in [1.54, 1.807) is 36.4 Å². The van der Waals surface area contributed by atoms with Gasteiger partial charge < -0.3 is 14.6 Å². The molecule has 1 heterocycles. The van der Waals surface area contributed by atoms with Crippen molar-refractivity contribution in [1.82, 2.24) is 0 Å². The van der Waals surface area contributed by atoms with E-state index in [1.165, 1.54) is 12.0 Å². The number of methoxy groups -OCH3 is 1. The molecule has 1 unspecified atom stereocenters. The van der Waals surface area contributed by atoms with Crippen LogP contribution in [0.15, 0.2) is 72.3 Å². The average molecular weight is 534 g/mol. The fraction of sp³-hybridized carbons (Fsp3) is 0.290. The quantitative estimate of drug-likeness (QED) is 0.200. The van der Waals surface area contributed by atoms with Crippen molar-refractivity contribution in [3.63, 3.8) is 0 Å². The molecule has 0 aliphatic carbocycles. The summed E-state index contributed by atoms with van der Waals surface area (Å²) in [6.07, 6.45) is 0.781. The molecule has 0 aromatic heterocycles. The van der Waals surface area contributed by atoms with Gasteiger partial charge in [0.05, 0.1) is 36.0 Å². The van der Waals surface area contributed by atoms with E-state index in [2.05, 4.69) is 20.8 Å². The van der Waals surface area contributed by atoms with Crippen molar-refractivity contribution in [2.75, 3.05) is 18.6 Å². The monoisotopic (exact) mass is 533 g/mol. The van der Waals surface area contributed by atoms with Crippen LogP contribution in [0.1, 0.15) is 56.8 Å². The number of ether oxygens (including phenoxy) is 2. The number of amides is 1. The van der Waals surface area contributed by atoms with Crippen LogP contribution in [0.25, 0.3) is 5.76 Å². The van der Waals surface area contributed by atoms with Crippen LogP contribution >= 0.6 is 11.6 Å². The molecule has 1 fully saturated rings. The summed E-state index contributed by atoms with van der Waals surface area (Å²) in [6, 6.07) is 18.7. The Labute approximate surface area is 228 Å². The molecule has 38 heavy (non-hydrogen) atoms. The molecule has 1 amide bonds. The summed E-state index contributed by atoms with van der Waals surface area (Å²) in [5.41, 5.74) is 2.46. The van der Waals surface area contributed by atoms with Gasteiger partial charge in [-0.05, 0) is 53.3 Å². The van der Waals surface area contributed by atoms with E-state index >= 15 is 0 Å². The van der Waals surface area contributed by atoms with Crippen LogP contribution in [-0.4, -0.2) is 30.5 Å². The van der Waals surface area contributed by atoms with Crippen molar-refractivity contribution in [2.24, 2.45) is 0 Å². The van der Waals surface area contributed by atoms with Crippen LogP contribution in [0, 0.1) is 0 Å². The Kier molecular flexibility index (Phi) is 7.83. The van der Waals surface area contributed by atoms with Gasteiger partial charge in [0.2, 0.25) is 0 Å². The lowest BCUT2D eigenvalue weighted by Crippen LogP contribution is -2.30. The second-order valence-corrected chi connectivity index (χ2v) is 10.6. The normalized spacial score (nSPS) is 17.1. The zero-order valence-corrected chi connectivity index (χ0v) is 23.0. The molecule has 4 rings (SSSR count). The average Bonchev–Trinajstić information content (AvgIpc) is 3.17. The second-order valence-electron chi connectivity index (χ2n) is 10.2. The third-order valence-corrected chi connectivity index (χ3v) is 6.86. The molecule has 1 N–H and O–H groups in total. The number of ketones is 1. The number of benzene rings is 3. The number of rotatable bonds is 7. The molecule has 3 aromatic rings. The van der Waals surface area contributed by atoms with Gasteiger partial charge in [-0.25, -0.2) is 0 Å². The Balaban J connectivity index is 1.95. The van der Waals surface area contributed by atoms with Gasteiger partial charge in [0.1, 0.15) is 17.3 Å². The first-order valence-electron chi connectivity index (χ1n) is 12.6. The van der Waals surface area contributed by atoms with E-state index in [4.69, 9.17) is 21.1 Å². The fourth-order valence-electron chi connectivity index (χ4n) is 4.51. The Morgan fingerprint density at radius 3 is 2.32 bits per heavy atom. The maximum Gasteiger partial charge on any atom is 0.300 e. The first-order valence-corrected chi connectivity index (χ1v) is 12.9. The van der Waals surface area contributed by atoms with Gasteiger partial charge in [-0.3, -0.25) is 14.5 Å². The van der Waals surface area contributed by atoms with Crippen LogP contribution in [0.5, 0.6) is 11.5 Å². The highest BCUT2D eigenvalue weighted by atomic mass is 35.5. The molecule has 0 radical (unpaired) electrons. The topological polar surface area (TPSA) is 76.1 Å². The summed E-state index contributed by atoms with van der Waals surface area (Å²) in [5, 5.41) is 11.8. The Bertz CT molecular complexity index is 1390. The molecular formula is C31H32ClNO5. The number of aliphatic hydroxyl groups excluding tert-OH is 1. The molecule has 1 saturated heterocycles. The molecule has 1 aliphatic heterocycles. The van der Waals surface area contributed by atoms with Crippen molar-refractivity contribution in [1.29, 1.82) is 0 Å². The molecule has 1 atom stereocenters. The number of aliphatic hydroxyl groups is 1. The van der Waals surface area contributed by atoms with Gasteiger partial charge in [0, 0.05) is 5.56 Å². The molecule has 0 bridgehead atoms. The zero-order chi connectivity index (χ0) is 27.6. The summed E-state index contributed by atoms with van der Waals surface area (Å²) in [7, 11) is 1.47. The number of anilines is 1. The van der Waals surface area contributed by atoms with Crippen LogP contribution in [-0.2, 0) is 15.0 Å². The summed E-state index contributed by atoms with van der Waals surface area (Å²) in [4.78, 5) is 28.6. The van der Waals surface area contributed by atoms with Crippen LogP contribution in [0.4, 0.5) is 5.69 Å². The van der Waals surface area contributed by atoms with Crippen LogP contribution < -0.4 is 14.4 Å². The summed E-state index contributed by atoms with van der Waals surface area (Å²) >= 11 is 6.19. The van der Waals surface area contributed by atoms with E-state index in [0.717, 1.165) is 12.0 Å². The first-order chi connectivity index (χ1) is 18.1. The largest absolute Gasteiger partial charge is 0.507 e. The van der Waals surface area contributed by atoms with Gasteiger partial charge in [-0.2, -0.15) is 0 Å².